The van der Waals surface area contributed by atoms with Gasteiger partial charge in [0.2, 0.25) is 0 Å². The molecule has 1 aromatic carbocycles. The van der Waals surface area contributed by atoms with Gasteiger partial charge in [-0.05, 0) is 72.3 Å². The second kappa shape index (κ2) is 5.88. The van der Waals surface area contributed by atoms with E-state index in [0.29, 0.717) is 16.4 Å². The number of halogens is 2. The molecule has 0 bridgehead atoms. The van der Waals surface area contributed by atoms with Crippen molar-refractivity contribution in [3.63, 3.8) is 0 Å². The van der Waals surface area contributed by atoms with Crippen molar-refractivity contribution in [2.24, 2.45) is 0 Å². The van der Waals surface area contributed by atoms with Crippen LogP contribution in [0.25, 0.3) is 0 Å². The molecular formula is C14H12ClIN2O. The first-order chi connectivity index (χ1) is 8.95. The Balaban J connectivity index is 2.28. The van der Waals surface area contributed by atoms with Gasteiger partial charge in [-0.15, -0.1) is 0 Å². The monoisotopic (exact) mass is 386 g/mol. The van der Waals surface area contributed by atoms with Crippen LogP contribution in [-0.4, -0.2) is 10.9 Å². The highest BCUT2D eigenvalue weighted by atomic mass is 127. The van der Waals surface area contributed by atoms with Gasteiger partial charge in [0.25, 0.3) is 5.91 Å². The Morgan fingerprint density at radius 1 is 1.26 bits per heavy atom. The van der Waals surface area contributed by atoms with Crippen molar-refractivity contribution >= 4 is 45.8 Å². The number of carbonyl (C=O) groups excluding carboxylic acids is 1. The molecule has 98 valence electrons. The Morgan fingerprint density at radius 2 is 2.00 bits per heavy atom. The van der Waals surface area contributed by atoms with Crippen LogP contribution in [0.4, 0.5) is 5.69 Å². The number of nitrogens with one attached hydrogen (secondary N) is 1. The fraction of sp³-hybridized carbons (Fsp3) is 0.143. The first-order valence-electron chi connectivity index (χ1n) is 5.67. The van der Waals surface area contributed by atoms with E-state index in [2.05, 4.69) is 32.9 Å². The molecule has 2 rings (SSSR count). The molecule has 0 spiro atoms. The minimum absolute atomic E-state index is 0.254. The average Bonchev–Trinajstić information content (AvgIpc) is 2.32. The zero-order valence-electron chi connectivity index (χ0n) is 10.5. The summed E-state index contributed by atoms with van der Waals surface area (Å²) in [4.78, 5) is 16.4. The largest absolute Gasteiger partial charge is 0.319 e. The fourth-order valence-electron chi connectivity index (χ4n) is 1.74. The smallest absolute Gasteiger partial charge is 0.274 e. The molecule has 2 aromatic rings. The topological polar surface area (TPSA) is 42.0 Å². The number of rotatable bonds is 2. The minimum Gasteiger partial charge on any atom is -0.319 e. The van der Waals surface area contributed by atoms with Crippen molar-refractivity contribution in [3.8, 4) is 0 Å². The number of anilines is 1. The molecule has 0 saturated heterocycles. The number of amides is 1. The van der Waals surface area contributed by atoms with Crippen molar-refractivity contribution in [1.29, 1.82) is 0 Å². The maximum Gasteiger partial charge on any atom is 0.274 e. The molecule has 1 heterocycles. The number of nitrogens with zero attached hydrogens (tertiary/aromatic N) is 1. The molecule has 0 aliphatic carbocycles. The van der Waals surface area contributed by atoms with Crippen LogP contribution in [0.15, 0.2) is 30.3 Å². The summed E-state index contributed by atoms with van der Waals surface area (Å²) < 4.78 is 1.01. The van der Waals surface area contributed by atoms with Gasteiger partial charge in [0.1, 0.15) is 5.69 Å². The first kappa shape index (κ1) is 14.3. The molecule has 0 unspecified atom stereocenters. The molecule has 0 aliphatic heterocycles. The summed E-state index contributed by atoms with van der Waals surface area (Å²) >= 11 is 8.22. The maximum absolute atomic E-state index is 12.1. The summed E-state index contributed by atoms with van der Waals surface area (Å²) in [5.74, 6) is -0.254. The van der Waals surface area contributed by atoms with Crippen LogP contribution in [0.2, 0.25) is 5.02 Å². The van der Waals surface area contributed by atoms with Gasteiger partial charge in [-0.3, -0.25) is 4.79 Å². The summed E-state index contributed by atoms with van der Waals surface area (Å²) in [7, 11) is 0. The Morgan fingerprint density at radius 3 is 2.68 bits per heavy atom. The van der Waals surface area contributed by atoms with E-state index in [1.165, 1.54) is 0 Å². The molecule has 0 fully saturated rings. The fourth-order valence-corrected chi connectivity index (χ4v) is 2.39. The van der Waals surface area contributed by atoms with Gasteiger partial charge in [-0.2, -0.15) is 0 Å². The van der Waals surface area contributed by atoms with E-state index in [-0.39, 0.29) is 5.91 Å². The van der Waals surface area contributed by atoms with Crippen molar-refractivity contribution in [1.82, 2.24) is 4.98 Å². The minimum atomic E-state index is -0.254. The molecule has 1 aromatic heterocycles. The number of aryl methyl sites for hydroxylation is 2. The van der Waals surface area contributed by atoms with Gasteiger partial charge in [-0.25, -0.2) is 4.98 Å². The lowest BCUT2D eigenvalue weighted by molar-refractivity contribution is 0.102. The molecule has 1 N–H and O–H groups in total. The average molecular weight is 387 g/mol. The summed E-state index contributed by atoms with van der Waals surface area (Å²) in [5.41, 5.74) is 2.82. The molecule has 1 amide bonds. The van der Waals surface area contributed by atoms with E-state index in [4.69, 9.17) is 11.6 Å². The van der Waals surface area contributed by atoms with E-state index in [1.807, 2.05) is 32.0 Å². The Bertz CT molecular complexity index is 623. The molecule has 0 aliphatic rings. The lowest BCUT2D eigenvalue weighted by Crippen LogP contribution is -2.14. The van der Waals surface area contributed by atoms with Gasteiger partial charge < -0.3 is 5.32 Å². The van der Waals surface area contributed by atoms with Crippen LogP contribution in [0.1, 0.15) is 21.7 Å². The molecule has 0 radical (unpaired) electrons. The predicted octanol–water partition coefficient (Wildman–Crippen LogP) is 4.21. The Kier molecular flexibility index (Phi) is 4.42. The third-order valence-corrected chi connectivity index (χ3v) is 3.51. The number of hydrogen-bond acceptors (Lipinski definition) is 2. The quantitative estimate of drug-likeness (QED) is 0.786. The molecule has 0 atom stereocenters. The van der Waals surface area contributed by atoms with Crippen molar-refractivity contribution in [2.45, 2.75) is 13.8 Å². The van der Waals surface area contributed by atoms with Crippen molar-refractivity contribution < 1.29 is 4.79 Å². The first-order valence-corrected chi connectivity index (χ1v) is 7.13. The summed E-state index contributed by atoms with van der Waals surface area (Å²) in [5, 5.41) is 3.30. The third kappa shape index (κ3) is 3.67. The van der Waals surface area contributed by atoms with Crippen molar-refractivity contribution in [3.05, 3.63) is 55.9 Å². The maximum atomic E-state index is 12.1. The predicted molar refractivity (Wildman–Crippen MR) is 85.8 cm³/mol. The number of aromatic nitrogens is 1. The van der Waals surface area contributed by atoms with E-state index in [9.17, 15) is 4.79 Å². The van der Waals surface area contributed by atoms with Crippen LogP contribution in [-0.2, 0) is 0 Å². The van der Waals surface area contributed by atoms with Gasteiger partial charge in [0, 0.05) is 9.26 Å². The number of pyridine rings is 1. The van der Waals surface area contributed by atoms with Crippen LogP contribution in [0.3, 0.4) is 0 Å². The Labute approximate surface area is 130 Å². The highest BCUT2D eigenvalue weighted by molar-refractivity contribution is 14.1. The molecule has 5 heteroatoms. The van der Waals surface area contributed by atoms with Gasteiger partial charge in [-0.1, -0.05) is 11.6 Å². The molecule has 0 saturated carbocycles. The lowest BCUT2D eigenvalue weighted by atomic mass is 10.2. The van der Waals surface area contributed by atoms with Crippen LogP contribution in [0.5, 0.6) is 0 Å². The third-order valence-electron chi connectivity index (χ3n) is 2.51. The zero-order chi connectivity index (χ0) is 14.0. The second-order valence-electron chi connectivity index (χ2n) is 4.25. The van der Waals surface area contributed by atoms with Gasteiger partial charge in [0.15, 0.2) is 0 Å². The van der Waals surface area contributed by atoms with E-state index in [1.54, 1.807) is 12.1 Å². The summed E-state index contributed by atoms with van der Waals surface area (Å²) in [6.45, 7) is 3.80. The van der Waals surface area contributed by atoms with Crippen molar-refractivity contribution in [2.75, 3.05) is 5.32 Å². The standard InChI is InChI=1S/C14H12ClIN2O/c1-8-5-9(2)17-13(6-8)14(19)18-12-7-10(16)3-4-11(12)15/h3-7H,1-2H3,(H,18,19). The van der Waals surface area contributed by atoms with E-state index >= 15 is 0 Å². The van der Waals surface area contributed by atoms with Crippen LogP contribution in [0, 0.1) is 17.4 Å². The normalized spacial score (nSPS) is 10.3. The van der Waals surface area contributed by atoms with Gasteiger partial charge in [0.05, 0.1) is 10.7 Å². The number of benzene rings is 1. The Hall–Kier alpha value is -1.14. The highest BCUT2D eigenvalue weighted by Gasteiger charge is 2.11. The number of carbonyl (C=O) groups is 1. The lowest BCUT2D eigenvalue weighted by Gasteiger charge is -2.08. The summed E-state index contributed by atoms with van der Waals surface area (Å²) in [6.07, 6.45) is 0. The SMILES string of the molecule is Cc1cc(C)nc(C(=O)Nc2cc(I)ccc2Cl)c1. The molecule has 3 nitrogen and oxygen atoms in total. The molecular weight excluding hydrogens is 375 g/mol. The van der Waals surface area contributed by atoms with Crippen LogP contribution >= 0.6 is 34.2 Å². The zero-order valence-corrected chi connectivity index (χ0v) is 13.4. The van der Waals surface area contributed by atoms with Crippen LogP contribution < -0.4 is 5.32 Å². The number of hydrogen-bond donors (Lipinski definition) is 1. The molecule has 19 heavy (non-hydrogen) atoms. The second-order valence-corrected chi connectivity index (χ2v) is 5.90. The van der Waals surface area contributed by atoms with Gasteiger partial charge >= 0.3 is 0 Å². The van der Waals surface area contributed by atoms with E-state index < -0.39 is 0 Å². The van der Waals surface area contributed by atoms with E-state index in [0.717, 1.165) is 14.8 Å². The highest BCUT2D eigenvalue weighted by Crippen LogP contribution is 2.24. The summed E-state index contributed by atoms with van der Waals surface area (Å²) in [6, 6.07) is 9.14.